The number of aromatic amines is 1. The lowest BCUT2D eigenvalue weighted by molar-refractivity contribution is 0.397. The Morgan fingerprint density at radius 2 is 1.79 bits per heavy atom. The molecule has 19 heavy (non-hydrogen) atoms. The maximum absolute atomic E-state index is 5.32. The van der Waals surface area contributed by atoms with Gasteiger partial charge < -0.3 is 9.72 Å². The van der Waals surface area contributed by atoms with Crippen molar-refractivity contribution in [2.24, 2.45) is 4.99 Å². The van der Waals surface area contributed by atoms with Gasteiger partial charge in [-0.3, -0.25) is 0 Å². The van der Waals surface area contributed by atoms with Crippen molar-refractivity contribution in [2.75, 3.05) is 13.4 Å². The van der Waals surface area contributed by atoms with Crippen molar-refractivity contribution < 1.29 is 4.74 Å². The van der Waals surface area contributed by atoms with E-state index in [1.807, 2.05) is 0 Å². The SMILES string of the molecule is COc1[nH]c(/C=C2\N=C(SC)C(C)=C2C)c(C)c1C. The largest absolute Gasteiger partial charge is 0.482 e. The van der Waals surface area contributed by atoms with Crippen molar-refractivity contribution in [3.8, 4) is 5.88 Å². The predicted octanol–water partition coefficient (Wildman–Crippen LogP) is 4.09. The van der Waals surface area contributed by atoms with Crippen molar-refractivity contribution >= 4 is 22.9 Å². The Balaban J connectivity index is 2.46. The van der Waals surface area contributed by atoms with Gasteiger partial charge >= 0.3 is 0 Å². The van der Waals surface area contributed by atoms with Crippen LogP contribution in [-0.2, 0) is 0 Å². The van der Waals surface area contributed by atoms with E-state index in [1.165, 1.54) is 16.7 Å². The molecule has 2 rings (SSSR count). The first-order valence-corrected chi connectivity index (χ1v) is 7.47. The number of methoxy groups -OCH3 is 1. The smallest absolute Gasteiger partial charge is 0.194 e. The average molecular weight is 276 g/mol. The Morgan fingerprint density at radius 3 is 2.26 bits per heavy atom. The number of hydrogen-bond acceptors (Lipinski definition) is 3. The molecule has 0 atom stereocenters. The van der Waals surface area contributed by atoms with Crippen molar-refractivity contribution in [1.29, 1.82) is 0 Å². The zero-order chi connectivity index (χ0) is 14.2. The summed E-state index contributed by atoms with van der Waals surface area (Å²) in [5.41, 5.74) is 6.99. The molecule has 0 aliphatic carbocycles. The molecule has 0 amide bonds. The minimum atomic E-state index is 0.828. The Kier molecular flexibility index (Phi) is 3.90. The lowest BCUT2D eigenvalue weighted by Crippen LogP contribution is -1.87. The topological polar surface area (TPSA) is 37.4 Å². The summed E-state index contributed by atoms with van der Waals surface area (Å²) in [5.74, 6) is 0.828. The zero-order valence-corrected chi connectivity index (χ0v) is 13.2. The highest BCUT2D eigenvalue weighted by atomic mass is 32.2. The second kappa shape index (κ2) is 5.29. The number of H-pyrrole nitrogens is 1. The third-order valence-corrected chi connectivity index (χ3v) is 4.51. The molecule has 1 aliphatic rings. The van der Waals surface area contributed by atoms with Gasteiger partial charge in [0.25, 0.3) is 0 Å². The lowest BCUT2D eigenvalue weighted by atomic mass is 10.1. The first-order chi connectivity index (χ1) is 8.99. The standard InChI is InChI=1S/C15H20N2OS/c1-8-10(3)14(18-5)16-12(8)7-13-9(2)11(4)15(17-13)19-6/h7,16H,1-6H3/b13-7-. The summed E-state index contributed by atoms with van der Waals surface area (Å²) in [6.45, 7) is 8.40. The number of nitrogens with one attached hydrogen (secondary N) is 1. The van der Waals surface area contributed by atoms with Crippen molar-refractivity contribution in [3.05, 3.63) is 33.7 Å². The van der Waals surface area contributed by atoms with Gasteiger partial charge in [-0.1, -0.05) is 0 Å². The molecule has 1 aromatic rings. The molecule has 0 spiro atoms. The summed E-state index contributed by atoms with van der Waals surface area (Å²) < 4.78 is 5.32. The highest BCUT2D eigenvalue weighted by Crippen LogP contribution is 2.32. The molecular formula is C15H20N2OS. The van der Waals surface area contributed by atoms with Gasteiger partial charge in [-0.2, -0.15) is 0 Å². The molecule has 1 aliphatic heterocycles. The number of aromatic nitrogens is 1. The van der Waals surface area contributed by atoms with Crippen LogP contribution in [0.5, 0.6) is 5.88 Å². The van der Waals surface area contributed by atoms with Crippen LogP contribution in [-0.4, -0.2) is 23.4 Å². The van der Waals surface area contributed by atoms with E-state index in [4.69, 9.17) is 4.74 Å². The molecule has 0 bridgehead atoms. The predicted molar refractivity (Wildman–Crippen MR) is 84.1 cm³/mol. The Hall–Kier alpha value is -1.42. The molecule has 4 heteroatoms. The van der Waals surface area contributed by atoms with Crippen LogP contribution < -0.4 is 4.74 Å². The van der Waals surface area contributed by atoms with E-state index in [-0.39, 0.29) is 0 Å². The zero-order valence-electron chi connectivity index (χ0n) is 12.3. The van der Waals surface area contributed by atoms with Gasteiger partial charge in [0.15, 0.2) is 5.88 Å². The number of aliphatic imine (C=N–C) groups is 1. The summed E-state index contributed by atoms with van der Waals surface area (Å²) in [6, 6.07) is 0. The van der Waals surface area contributed by atoms with Crippen molar-refractivity contribution in [3.63, 3.8) is 0 Å². The molecule has 2 heterocycles. The van der Waals surface area contributed by atoms with Crippen LogP contribution in [0.3, 0.4) is 0 Å². The number of thioether (sulfide) groups is 1. The fraction of sp³-hybridized carbons (Fsp3) is 0.400. The van der Waals surface area contributed by atoms with Crippen LogP contribution in [0, 0.1) is 13.8 Å². The van der Waals surface area contributed by atoms with E-state index >= 15 is 0 Å². The van der Waals surface area contributed by atoms with E-state index in [1.54, 1.807) is 18.9 Å². The monoisotopic (exact) mass is 276 g/mol. The van der Waals surface area contributed by atoms with Gasteiger partial charge in [-0.05, 0) is 56.7 Å². The molecule has 0 unspecified atom stereocenters. The maximum atomic E-state index is 5.32. The quantitative estimate of drug-likeness (QED) is 0.883. The lowest BCUT2D eigenvalue weighted by Gasteiger charge is -1.98. The number of rotatable bonds is 2. The fourth-order valence-corrected chi connectivity index (χ4v) is 2.79. The minimum Gasteiger partial charge on any atom is -0.482 e. The fourth-order valence-electron chi connectivity index (χ4n) is 2.14. The van der Waals surface area contributed by atoms with E-state index in [9.17, 15) is 0 Å². The first-order valence-electron chi connectivity index (χ1n) is 6.25. The summed E-state index contributed by atoms with van der Waals surface area (Å²) in [5, 5.41) is 1.11. The molecule has 3 nitrogen and oxygen atoms in total. The van der Waals surface area contributed by atoms with Gasteiger partial charge in [0.05, 0.1) is 17.9 Å². The normalized spacial score (nSPS) is 17.4. The summed E-state index contributed by atoms with van der Waals surface area (Å²) >= 11 is 1.69. The van der Waals surface area contributed by atoms with Crippen molar-refractivity contribution in [2.45, 2.75) is 27.7 Å². The van der Waals surface area contributed by atoms with Crippen LogP contribution in [0.1, 0.15) is 30.7 Å². The van der Waals surface area contributed by atoms with Crippen LogP contribution in [0.2, 0.25) is 0 Å². The van der Waals surface area contributed by atoms with Gasteiger partial charge in [-0.15, -0.1) is 11.8 Å². The molecule has 0 saturated heterocycles. The Morgan fingerprint density at radius 1 is 1.11 bits per heavy atom. The van der Waals surface area contributed by atoms with Crippen molar-refractivity contribution in [1.82, 2.24) is 4.98 Å². The molecule has 0 saturated carbocycles. The molecule has 102 valence electrons. The number of hydrogen-bond donors (Lipinski definition) is 1. The van der Waals surface area contributed by atoms with E-state index < -0.39 is 0 Å². The molecule has 0 fully saturated rings. The summed E-state index contributed by atoms with van der Waals surface area (Å²) in [6.07, 6.45) is 4.17. The minimum absolute atomic E-state index is 0.828. The van der Waals surface area contributed by atoms with Crippen LogP contribution in [0.4, 0.5) is 0 Å². The third kappa shape index (κ3) is 2.37. The second-order valence-electron chi connectivity index (χ2n) is 4.72. The summed E-state index contributed by atoms with van der Waals surface area (Å²) in [4.78, 5) is 7.97. The molecule has 0 aromatic carbocycles. The van der Waals surface area contributed by atoms with Crippen LogP contribution >= 0.6 is 11.8 Å². The summed E-state index contributed by atoms with van der Waals surface area (Å²) in [7, 11) is 1.68. The Labute approximate surface area is 118 Å². The number of nitrogens with zero attached hydrogens (tertiary/aromatic N) is 1. The average Bonchev–Trinajstić information content (AvgIpc) is 2.83. The molecule has 1 N–H and O–H groups in total. The molecule has 0 radical (unpaired) electrons. The molecule has 1 aromatic heterocycles. The third-order valence-electron chi connectivity index (χ3n) is 3.72. The number of allylic oxidation sites excluding steroid dienone is 1. The molecular weight excluding hydrogens is 256 g/mol. The highest BCUT2D eigenvalue weighted by Gasteiger charge is 2.17. The maximum Gasteiger partial charge on any atom is 0.194 e. The van der Waals surface area contributed by atoms with E-state index in [0.29, 0.717) is 0 Å². The van der Waals surface area contributed by atoms with Gasteiger partial charge in [0.1, 0.15) is 0 Å². The Bertz CT molecular complexity index is 606. The van der Waals surface area contributed by atoms with Gasteiger partial charge in [0, 0.05) is 11.3 Å². The van der Waals surface area contributed by atoms with E-state index in [0.717, 1.165) is 27.9 Å². The number of ether oxygens (including phenoxy) is 1. The second-order valence-corrected chi connectivity index (χ2v) is 5.52. The van der Waals surface area contributed by atoms with Gasteiger partial charge in [-0.25, -0.2) is 4.99 Å². The highest BCUT2D eigenvalue weighted by molar-refractivity contribution is 8.13. The van der Waals surface area contributed by atoms with Crippen LogP contribution in [0.15, 0.2) is 21.8 Å². The first kappa shape index (κ1) is 14.0. The van der Waals surface area contributed by atoms with Gasteiger partial charge in [0.2, 0.25) is 0 Å². The van der Waals surface area contributed by atoms with Crippen LogP contribution in [0.25, 0.3) is 6.08 Å². The van der Waals surface area contributed by atoms with E-state index in [2.05, 4.69) is 50.0 Å².